The van der Waals surface area contributed by atoms with Gasteiger partial charge in [0.15, 0.2) is 0 Å². The summed E-state index contributed by atoms with van der Waals surface area (Å²) in [5, 5.41) is 0. The zero-order valence-electron chi connectivity index (χ0n) is 20.1. The van der Waals surface area contributed by atoms with Crippen LogP contribution in [0.4, 0.5) is 0 Å². The van der Waals surface area contributed by atoms with Gasteiger partial charge in [-0.2, -0.15) is 0 Å². The van der Waals surface area contributed by atoms with Crippen LogP contribution in [0.15, 0.2) is 97.1 Å². The number of hydrogen-bond acceptors (Lipinski definition) is 4. The van der Waals surface area contributed by atoms with Crippen LogP contribution in [0.2, 0.25) is 0 Å². The van der Waals surface area contributed by atoms with Gasteiger partial charge >= 0.3 is 5.97 Å². The van der Waals surface area contributed by atoms with Gasteiger partial charge in [0.25, 0.3) is 0 Å². The first-order valence-electron chi connectivity index (χ1n) is 11.4. The highest BCUT2D eigenvalue weighted by atomic mass is 16.9. The standard InChI is InChI=1S/C30H30O4/c1-22-5-13-26(14-6-22)31-21-30(32-27-15-7-23(2)8-16-27,33-28-17-9-24(3)10-18-28)34-29-19-11-25(4)12-20-29/h5-20H,21H2,1-4H3. The minimum absolute atomic E-state index is 0.00824. The van der Waals surface area contributed by atoms with E-state index in [2.05, 4.69) is 0 Å². The Balaban J connectivity index is 1.71. The number of ether oxygens (including phenoxy) is 4. The van der Waals surface area contributed by atoms with E-state index in [0.717, 1.165) is 22.3 Å². The molecule has 0 unspecified atom stereocenters. The lowest BCUT2D eigenvalue weighted by Crippen LogP contribution is -2.53. The van der Waals surface area contributed by atoms with E-state index >= 15 is 0 Å². The summed E-state index contributed by atoms with van der Waals surface area (Å²) in [5.74, 6) is 0.944. The van der Waals surface area contributed by atoms with Crippen molar-refractivity contribution in [1.29, 1.82) is 0 Å². The third kappa shape index (κ3) is 6.32. The Kier molecular flexibility index (Phi) is 7.07. The highest BCUT2D eigenvalue weighted by molar-refractivity contribution is 5.31. The maximum absolute atomic E-state index is 6.40. The Morgan fingerprint density at radius 1 is 0.412 bits per heavy atom. The van der Waals surface area contributed by atoms with Gasteiger partial charge in [-0.25, -0.2) is 0 Å². The molecule has 0 aromatic heterocycles. The van der Waals surface area contributed by atoms with Gasteiger partial charge in [-0.1, -0.05) is 70.8 Å². The van der Waals surface area contributed by atoms with Crippen molar-refractivity contribution in [2.75, 3.05) is 6.61 Å². The van der Waals surface area contributed by atoms with Gasteiger partial charge in [-0.3, -0.25) is 0 Å². The summed E-state index contributed by atoms with van der Waals surface area (Å²) < 4.78 is 25.3. The largest absolute Gasteiger partial charge is 0.481 e. The Labute approximate surface area is 201 Å². The molecule has 0 spiro atoms. The van der Waals surface area contributed by atoms with Crippen molar-refractivity contribution >= 4 is 0 Å². The van der Waals surface area contributed by atoms with Crippen LogP contribution in [-0.4, -0.2) is 12.6 Å². The second kappa shape index (κ2) is 10.3. The monoisotopic (exact) mass is 454 g/mol. The van der Waals surface area contributed by atoms with Gasteiger partial charge in [0, 0.05) is 0 Å². The van der Waals surface area contributed by atoms with Crippen molar-refractivity contribution in [1.82, 2.24) is 0 Å². The van der Waals surface area contributed by atoms with Crippen LogP contribution < -0.4 is 18.9 Å². The zero-order valence-corrected chi connectivity index (χ0v) is 20.1. The fourth-order valence-corrected chi connectivity index (χ4v) is 3.31. The number of hydrogen-bond donors (Lipinski definition) is 0. The van der Waals surface area contributed by atoms with E-state index in [1.54, 1.807) is 0 Å². The molecule has 0 amide bonds. The van der Waals surface area contributed by atoms with Crippen LogP contribution in [0.1, 0.15) is 22.3 Å². The summed E-state index contributed by atoms with van der Waals surface area (Å²) in [6, 6.07) is 31.1. The molecule has 4 heteroatoms. The molecule has 0 aliphatic rings. The fraction of sp³-hybridized carbons (Fsp3) is 0.200. The summed E-state index contributed by atoms with van der Waals surface area (Å²) in [7, 11) is 0. The van der Waals surface area contributed by atoms with Crippen LogP contribution >= 0.6 is 0 Å². The molecule has 4 aromatic rings. The predicted molar refractivity (Wildman–Crippen MR) is 135 cm³/mol. The zero-order chi connectivity index (χ0) is 24.0. The molecule has 0 atom stereocenters. The summed E-state index contributed by atoms with van der Waals surface area (Å²) in [4.78, 5) is 0. The maximum Gasteiger partial charge on any atom is 0.453 e. The molecule has 0 aliphatic heterocycles. The van der Waals surface area contributed by atoms with Crippen LogP contribution in [0.3, 0.4) is 0 Å². The summed E-state index contributed by atoms with van der Waals surface area (Å²) >= 11 is 0. The predicted octanol–water partition coefficient (Wildman–Crippen LogP) is 7.19. The van der Waals surface area contributed by atoms with Gasteiger partial charge < -0.3 is 18.9 Å². The third-order valence-corrected chi connectivity index (χ3v) is 5.32. The second-order valence-corrected chi connectivity index (χ2v) is 8.53. The lowest BCUT2D eigenvalue weighted by atomic mass is 10.2. The number of rotatable bonds is 9. The quantitative estimate of drug-likeness (QED) is 0.251. The SMILES string of the molecule is Cc1ccc(OCC(Oc2ccc(C)cc2)(Oc2ccc(C)cc2)Oc2ccc(C)cc2)cc1. The van der Waals surface area contributed by atoms with E-state index in [-0.39, 0.29) is 6.61 Å². The van der Waals surface area contributed by atoms with E-state index in [4.69, 9.17) is 18.9 Å². The molecule has 4 rings (SSSR count). The Morgan fingerprint density at radius 2 is 0.676 bits per heavy atom. The Morgan fingerprint density at radius 3 is 0.971 bits per heavy atom. The number of aryl methyl sites for hydroxylation is 4. The van der Waals surface area contributed by atoms with Crippen molar-refractivity contribution in [2.45, 2.75) is 33.7 Å². The Bertz CT molecular complexity index is 1060. The molecule has 174 valence electrons. The minimum atomic E-state index is -1.58. The van der Waals surface area contributed by atoms with Gasteiger partial charge in [-0.15, -0.1) is 0 Å². The highest BCUT2D eigenvalue weighted by Gasteiger charge is 2.40. The van der Waals surface area contributed by atoms with Gasteiger partial charge in [0.05, 0.1) is 0 Å². The average Bonchev–Trinajstić information content (AvgIpc) is 2.83. The van der Waals surface area contributed by atoms with E-state index in [9.17, 15) is 0 Å². The first-order valence-corrected chi connectivity index (χ1v) is 11.4. The highest BCUT2D eigenvalue weighted by Crippen LogP contribution is 2.29. The summed E-state index contributed by atoms with van der Waals surface area (Å²) in [6.45, 7) is 8.12. The first-order chi connectivity index (χ1) is 16.4. The number of benzene rings is 4. The topological polar surface area (TPSA) is 36.9 Å². The lowest BCUT2D eigenvalue weighted by Gasteiger charge is -2.33. The third-order valence-electron chi connectivity index (χ3n) is 5.32. The molecule has 0 N–H and O–H groups in total. The molecule has 4 nitrogen and oxygen atoms in total. The molecule has 0 saturated heterocycles. The molecular weight excluding hydrogens is 424 g/mol. The van der Waals surface area contributed by atoms with Crippen LogP contribution in [0, 0.1) is 27.7 Å². The van der Waals surface area contributed by atoms with Crippen LogP contribution in [0.5, 0.6) is 23.0 Å². The van der Waals surface area contributed by atoms with Crippen molar-refractivity contribution in [2.24, 2.45) is 0 Å². The molecule has 0 fully saturated rings. The van der Waals surface area contributed by atoms with E-state index < -0.39 is 5.97 Å². The second-order valence-electron chi connectivity index (χ2n) is 8.53. The molecule has 0 heterocycles. The maximum atomic E-state index is 6.40. The van der Waals surface area contributed by atoms with Crippen molar-refractivity contribution in [3.8, 4) is 23.0 Å². The van der Waals surface area contributed by atoms with Crippen molar-refractivity contribution in [3.63, 3.8) is 0 Å². The molecular formula is C30H30O4. The van der Waals surface area contributed by atoms with E-state index in [0.29, 0.717) is 23.0 Å². The minimum Gasteiger partial charge on any atom is -0.481 e. The van der Waals surface area contributed by atoms with Crippen molar-refractivity contribution in [3.05, 3.63) is 119 Å². The molecule has 0 bridgehead atoms. The van der Waals surface area contributed by atoms with E-state index in [1.807, 2.05) is 125 Å². The van der Waals surface area contributed by atoms with Gasteiger partial charge in [-0.05, 0) is 76.2 Å². The summed E-state index contributed by atoms with van der Waals surface area (Å²) in [5.41, 5.74) is 4.55. The molecule has 4 aromatic carbocycles. The smallest absolute Gasteiger partial charge is 0.453 e. The van der Waals surface area contributed by atoms with Crippen molar-refractivity contribution < 1.29 is 18.9 Å². The molecule has 0 radical (unpaired) electrons. The van der Waals surface area contributed by atoms with Gasteiger partial charge in [0.2, 0.25) is 6.61 Å². The first kappa shape index (κ1) is 23.2. The van der Waals surface area contributed by atoms with E-state index in [1.165, 1.54) is 0 Å². The van der Waals surface area contributed by atoms with Crippen LogP contribution in [-0.2, 0) is 0 Å². The molecule has 34 heavy (non-hydrogen) atoms. The molecule has 0 saturated carbocycles. The summed E-state index contributed by atoms with van der Waals surface area (Å²) in [6.07, 6.45) is 0. The van der Waals surface area contributed by atoms with Gasteiger partial charge in [0.1, 0.15) is 23.0 Å². The Hall–Kier alpha value is -3.92. The van der Waals surface area contributed by atoms with Crippen LogP contribution in [0.25, 0.3) is 0 Å². The normalized spacial score (nSPS) is 11.1. The average molecular weight is 455 g/mol. The fourth-order valence-electron chi connectivity index (χ4n) is 3.31. The lowest BCUT2D eigenvalue weighted by molar-refractivity contribution is -0.266. The molecule has 0 aliphatic carbocycles.